The van der Waals surface area contributed by atoms with Gasteiger partial charge in [0.05, 0.1) is 17.4 Å². The van der Waals surface area contributed by atoms with Crippen molar-refractivity contribution in [2.45, 2.75) is 144 Å². The Morgan fingerprint density at radius 3 is 1.93 bits per heavy atom. The molecule has 6 nitrogen and oxygen atoms in total. The minimum atomic E-state index is -1.14. The van der Waals surface area contributed by atoms with Crippen LogP contribution in [-0.2, 0) is 10.8 Å². The van der Waals surface area contributed by atoms with Gasteiger partial charge in [0.1, 0.15) is 6.54 Å². The summed E-state index contributed by atoms with van der Waals surface area (Å²) in [5, 5.41) is 27.7. The minimum Gasteiger partial charge on any atom is -0.545 e. The lowest BCUT2D eigenvalue weighted by molar-refractivity contribution is -0.438. The van der Waals surface area contributed by atoms with Crippen LogP contribution in [0.2, 0.25) is 0 Å². The third kappa shape index (κ3) is 8.73. The van der Waals surface area contributed by atoms with Crippen LogP contribution in [0.1, 0.15) is 160 Å². The number of carbonyl (C=O) groups is 2. The zero-order valence-electron chi connectivity index (χ0n) is 41.7. The highest BCUT2D eigenvalue weighted by atomic mass is 16.4. The van der Waals surface area contributed by atoms with Crippen molar-refractivity contribution >= 4 is 50.6 Å². The number of benzene rings is 5. The highest BCUT2D eigenvalue weighted by molar-refractivity contribution is 6.13. The van der Waals surface area contributed by atoms with Crippen LogP contribution in [0.5, 0.6) is 0 Å². The van der Waals surface area contributed by atoms with Crippen LogP contribution in [0.3, 0.4) is 0 Å². The number of carbonyl (C=O) groups excluding carboxylic acids is 2. The van der Waals surface area contributed by atoms with Gasteiger partial charge in [0, 0.05) is 58.1 Å². The number of aromatic carboxylic acids is 2. The highest BCUT2D eigenvalue weighted by Crippen LogP contribution is 2.53. The lowest BCUT2D eigenvalue weighted by atomic mass is 9.74. The fourth-order valence-corrected chi connectivity index (χ4v) is 12.0. The van der Waals surface area contributed by atoms with Gasteiger partial charge in [0.25, 0.3) is 0 Å². The number of rotatable bonds is 10. The van der Waals surface area contributed by atoms with Crippen LogP contribution in [0.15, 0.2) is 119 Å². The van der Waals surface area contributed by atoms with Crippen molar-refractivity contribution in [3.8, 4) is 0 Å². The fourth-order valence-electron chi connectivity index (χ4n) is 12.0. The van der Waals surface area contributed by atoms with Gasteiger partial charge in [-0.1, -0.05) is 113 Å². The summed E-state index contributed by atoms with van der Waals surface area (Å²) in [6.45, 7) is 24.2. The predicted octanol–water partition coefficient (Wildman–Crippen LogP) is 12.8. The molecule has 5 aromatic rings. The molecule has 2 heterocycles. The summed E-state index contributed by atoms with van der Waals surface area (Å²) in [5.41, 5.74) is 18.4. The number of anilines is 1. The maximum Gasteiger partial charge on any atom is 0.210 e. The van der Waals surface area contributed by atoms with E-state index in [1.165, 1.54) is 78.5 Å². The summed E-state index contributed by atoms with van der Waals surface area (Å²) in [6.07, 6.45) is 18.0. The largest absolute Gasteiger partial charge is 0.545 e. The van der Waals surface area contributed by atoms with E-state index in [1.807, 2.05) is 24.3 Å². The van der Waals surface area contributed by atoms with Crippen LogP contribution >= 0.6 is 0 Å². The highest BCUT2D eigenvalue weighted by Gasteiger charge is 2.48. The average molecular weight is 894 g/mol. The molecular weight excluding hydrogens is 825 g/mol. The minimum absolute atomic E-state index is 0.244. The molecule has 5 aromatic carbocycles. The smallest absolute Gasteiger partial charge is 0.210 e. The molecule has 0 saturated heterocycles. The molecule has 0 fully saturated rings. The number of carboxylic acids is 2. The van der Waals surface area contributed by atoms with Gasteiger partial charge in [0.2, 0.25) is 5.69 Å². The van der Waals surface area contributed by atoms with Gasteiger partial charge in [-0.3, -0.25) is 0 Å². The average Bonchev–Trinajstić information content (AvgIpc) is 3.67. The first-order valence-electron chi connectivity index (χ1n) is 24.9. The standard InChI is InChI=1S/C51H56N2O4.C10H14/c1-7-9-27-52-42-25-23-36-38(19-13-21-40(36)48(54)55)44(42)50(3,4)46(52)34-17-11-15-32(30-34)29-33-16-12-18-35(31-33)47-51(5,6)45-39-20-14-22-41(49(56)57)37(39)24-26-43(45)53(47)28-10-8-2;1-7-5-8(2)10(4)9(3)6-7/h13-14,19-26,29-31H,7-12,15-18,27-28H2,1-6H3,(H-,54,55,56,57);5-6H,1-4H3/p-1. The Balaban J connectivity index is 0.000000541. The lowest BCUT2D eigenvalue weighted by Gasteiger charge is -2.31. The summed E-state index contributed by atoms with van der Waals surface area (Å²) >= 11 is 0. The lowest BCUT2D eigenvalue weighted by Crippen LogP contribution is -2.32. The molecule has 9 rings (SSSR count). The van der Waals surface area contributed by atoms with Crippen molar-refractivity contribution in [3.05, 3.63) is 164 Å². The summed E-state index contributed by atoms with van der Waals surface area (Å²) in [6, 6.07) is 23.8. The van der Waals surface area contributed by atoms with Crippen LogP contribution < -0.4 is 15.1 Å². The van der Waals surface area contributed by atoms with Gasteiger partial charge in [-0.2, -0.15) is 4.58 Å². The van der Waals surface area contributed by atoms with Crippen molar-refractivity contribution in [1.82, 2.24) is 0 Å². The molecule has 0 saturated carbocycles. The Morgan fingerprint density at radius 2 is 1.30 bits per heavy atom. The molecule has 348 valence electrons. The van der Waals surface area contributed by atoms with Gasteiger partial charge in [-0.15, -0.1) is 0 Å². The molecule has 0 atom stereocenters. The van der Waals surface area contributed by atoms with Gasteiger partial charge >= 0.3 is 0 Å². The van der Waals surface area contributed by atoms with Gasteiger partial charge in [0.15, 0.2) is 5.71 Å². The van der Waals surface area contributed by atoms with Crippen molar-refractivity contribution in [2.75, 3.05) is 18.0 Å². The zero-order chi connectivity index (χ0) is 47.9. The normalized spacial score (nSPS) is 19.0. The number of fused-ring (bicyclic) bond motifs is 6. The molecule has 0 spiro atoms. The monoisotopic (exact) mass is 894 g/mol. The Bertz CT molecular complexity index is 2960. The van der Waals surface area contributed by atoms with Crippen molar-refractivity contribution in [2.24, 2.45) is 0 Å². The Hall–Kier alpha value is -6.01. The van der Waals surface area contributed by atoms with E-state index in [1.54, 1.807) is 12.1 Å². The van der Waals surface area contributed by atoms with Crippen molar-refractivity contribution in [1.29, 1.82) is 0 Å². The number of allylic oxidation sites excluding steroid dienone is 8. The third-order valence-electron chi connectivity index (χ3n) is 15.1. The molecule has 67 heavy (non-hydrogen) atoms. The van der Waals surface area contributed by atoms with E-state index >= 15 is 0 Å². The summed E-state index contributed by atoms with van der Waals surface area (Å²) in [5.74, 6) is -2.28. The SMILES string of the molecule is CCCCN1C(=C2C=C(C=C3C=C(C4=[N+](CCCC)c5ccc6c(C(=O)[O-])cccc6c5C4(C)C)CCC3)CCC2)C(C)(C)c2c1ccc1c(C(=O)[O-])cccc21.Cc1cc(C)c(C)c(C)c1. The van der Waals surface area contributed by atoms with E-state index in [0.29, 0.717) is 0 Å². The quantitative estimate of drug-likeness (QED) is 0.130. The second kappa shape index (κ2) is 18.9. The second-order valence-corrected chi connectivity index (χ2v) is 20.6. The molecule has 0 unspecified atom stereocenters. The molecule has 0 amide bonds. The first kappa shape index (κ1) is 47.5. The summed E-state index contributed by atoms with van der Waals surface area (Å²) < 4.78 is 2.53. The zero-order valence-corrected chi connectivity index (χ0v) is 41.7. The molecule has 0 bridgehead atoms. The van der Waals surface area contributed by atoms with Gasteiger partial charge in [-0.25, -0.2) is 0 Å². The predicted molar refractivity (Wildman–Crippen MR) is 274 cm³/mol. The van der Waals surface area contributed by atoms with E-state index in [2.05, 4.69) is 133 Å². The van der Waals surface area contributed by atoms with E-state index in [0.717, 1.165) is 98.8 Å². The van der Waals surface area contributed by atoms with Gasteiger partial charge in [-0.05, 0) is 165 Å². The van der Waals surface area contributed by atoms with E-state index in [-0.39, 0.29) is 22.0 Å². The van der Waals surface area contributed by atoms with Gasteiger partial charge < -0.3 is 24.7 Å². The maximum absolute atomic E-state index is 12.1. The number of unbranched alkanes of at least 4 members (excludes halogenated alkanes) is 2. The Morgan fingerprint density at radius 1 is 0.687 bits per heavy atom. The molecule has 0 N–H and O–H groups in total. The number of carboxylic acid groups (broad SMARTS) is 2. The third-order valence-corrected chi connectivity index (χ3v) is 15.1. The van der Waals surface area contributed by atoms with Crippen LogP contribution in [-0.4, -0.2) is 35.3 Å². The van der Waals surface area contributed by atoms with Crippen molar-refractivity contribution in [3.63, 3.8) is 0 Å². The van der Waals surface area contributed by atoms with E-state index in [4.69, 9.17) is 0 Å². The molecule has 0 aromatic heterocycles. The van der Waals surface area contributed by atoms with Crippen LogP contribution in [0.4, 0.5) is 11.4 Å². The maximum atomic E-state index is 12.1. The topological polar surface area (TPSA) is 86.5 Å². The second-order valence-electron chi connectivity index (χ2n) is 20.6. The molecule has 0 radical (unpaired) electrons. The summed E-state index contributed by atoms with van der Waals surface area (Å²) in [7, 11) is 0. The van der Waals surface area contributed by atoms with Crippen LogP contribution in [0, 0.1) is 27.7 Å². The molecule has 6 heteroatoms. The van der Waals surface area contributed by atoms with E-state index in [9.17, 15) is 19.8 Å². The first-order chi connectivity index (χ1) is 32.0. The first-order valence-corrected chi connectivity index (χ1v) is 24.9. The molecule has 2 aliphatic carbocycles. The Labute approximate surface area is 399 Å². The number of hydrogen-bond acceptors (Lipinski definition) is 5. The summed E-state index contributed by atoms with van der Waals surface area (Å²) in [4.78, 5) is 26.8. The Kier molecular flexibility index (Phi) is 13.4. The van der Waals surface area contributed by atoms with E-state index < -0.39 is 11.9 Å². The van der Waals surface area contributed by atoms with Crippen molar-refractivity contribution < 1.29 is 24.4 Å². The number of nitrogens with zero attached hydrogens (tertiary/aromatic N) is 2. The molecular formula is C61H69N2O4-. The number of hydrogen-bond donors (Lipinski definition) is 0. The molecule has 2 aliphatic heterocycles. The number of aryl methyl sites for hydroxylation is 3. The molecule has 4 aliphatic rings. The fraction of sp³-hybridized carbons (Fsp3) is 0.393. The van der Waals surface area contributed by atoms with Crippen LogP contribution in [0.25, 0.3) is 21.5 Å².